The summed E-state index contributed by atoms with van der Waals surface area (Å²) in [6.07, 6.45) is 4.40. The predicted molar refractivity (Wildman–Crippen MR) is 146 cm³/mol. The van der Waals surface area contributed by atoms with Crippen LogP contribution in [0.3, 0.4) is 0 Å². The third kappa shape index (κ3) is 6.00. The number of hydrogen-bond donors (Lipinski definition) is 2. The maximum absolute atomic E-state index is 12.5. The minimum Gasteiger partial charge on any atom is -0.324 e. The van der Waals surface area contributed by atoms with E-state index in [1.165, 1.54) is 5.56 Å². The van der Waals surface area contributed by atoms with Crippen molar-refractivity contribution in [2.24, 2.45) is 0 Å². The lowest BCUT2D eigenvalue weighted by molar-refractivity contribution is -0.115. The highest BCUT2D eigenvalue weighted by Crippen LogP contribution is 2.30. The standard InChI is InChI=1S/C27H28ClN5OS/c1-32-9-11-33(12-10-32)18-20-5-2-4-19(14-20)7-8-24-22-16-26(23(28)17-25(22)31-30-24)29-27(34)15-21-6-3-13-35-21/h2-8,13-14,16-17H,9-12,15,18H2,1H3,(H,29,34)(H,30,31). The summed E-state index contributed by atoms with van der Waals surface area (Å²) < 4.78 is 0. The second-order valence-electron chi connectivity index (χ2n) is 8.95. The van der Waals surface area contributed by atoms with Crippen molar-refractivity contribution < 1.29 is 4.79 Å². The molecule has 4 aromatic rings. The maximum Gasteiger partial charge on any atom is 0.229 e. The Morgan fingerprint density at radius 3 is 2.80 bits per heavy atom. The first-order chi connectivity index (χ1) is 17.0. The second kappa shape index (κ2) is 10.7. The van der Waals surface area contributed by atoms with E-state index in [2.05, 4.69) is 62.7 Å². The number of thiophene rings is 1. The first-order valence-corrected chi connectivity index (χ1v) is 13.0. The lowest BCUT2D eigenvalue weighted by Crippen LogP contribution is -2.43. The molecule has 1 fully saturated rings. The van der Waals surface area contributed by atoms with Crippen molar-refractivity contribution >= 4 is 57.6 Å². The number of carbonyl (C=O) groups is 1. The molecular formula is C27H28ClN5OS. The second-order valence-corrected chi connectivity index (χ2v) is 10.4. The van der Waals surface area contributed by atoms with E-state index < -0.39 is 0 Å². The molecule has 1 aliphatic heterocycles. The van der Waals surface area contributed by atoms with Gasteiger partial charge in [-0.05, 0) is 47.8 Å². The number of anilines is 1. The van der Waals surface area contributed by atoms with E-state index in [9.17, 15) is 4.79 Å². The van der Waals surface area contributed by atoms with Crippen LogP contribution in [0.25, 0.3) is 23.1 Å². The highest BCUT2D eigenvalue weighted by Gasteiger charge is 2.14. The van der Waals surface area contributed by atoms with E-state index in [1.807, 2.05) is 29.7 Å². The van der Waals surface area contributed by atoms with Gasteiger partial charge in [-0.1, -0.05) is 48.0 Å². The van der Waals surface area contributed by atoms with Crippen molar-refractivity contribution in [3.8, 4) is 0 Å². The van der Waals surface area contributed by atoms with Crippen LogP contribution in [0.5, 0.6) is 0 Å². The normalized spacial score (nSPS) is 15.3. The number of benzene rings is 2. The van der Waals surface area contributed by atoms with E-state index in [0.29, 0.717) is 17.1 Å². The van der Waals surface area contributed by atoms with Crippen molar-refractivity contribution in [3.63, 3.8) is 0 Å². The van der Waals surface area contributed by atoms with Crippen LogP contribution in [-0.2, 0) is 17.8 Å². The quantitative estimate of drug-likeness (QED) is 0.354. The maximum atomic E-state index is 12.5. The van der Waals surface area contributed by atoms with Crippen LogP contribution in [0.15, 0.2) is 53.9 Å². The summed E-state index contributed by atoms with van der Waals surface area (Å²) in [6.45, 7) is 5.40. The Bertz CT molecular complexity index is 1340. The van der Waals surface area contributed by atoms with Crippen LogP contribution in [0, 0.1) is 0 Å². The van der Waals surface area contributed by atoms with Gasteiger partial charge in [-0.25, -0.2) is 0 Å². The molecule has 1 amide bonds. The van der Waals surface area contributed by atoms with Gasteiger partial charge in [0.25, 0.3) is 0 Å². The number of rotatable bonds is 7. The zero-order valence-corrected chi connectivity index (χ0v) is 21.2. The van der Waals surface area contributed by atoms with Gasteiger partial charge in [0.15, 0.2) is 0 Å². The molecule has 1 aliphatic rings. The number of fused-ring (bicyclic) bond motifs is 1. The average molecular weight is 506 g/mol. The molecule has 2 aromatic carbocycles. The van der Waals surface area contributed by atoms with E-state index >= 15 is 0 Å². The van der Waals surface area contributed by atoms with Crippen molar-refractivity contribution in [3.05, 3.63) is 80.6 Å². The van der Waals surface area contributed by atoms with Crippen LogP contribution < -0.4 is 5.32 Å². The fraction of sp³-hybridized carbons (Fsp3) is 0.259. The number of piperazine rings is 1. The summed E-state index contributed by atoms with van der Waals surface area (Å²) in [7, 11) is 2.18. The number of H-pyrrole nitrogens is 1. The molecule has 2 N–H and O–H groups in total. The highest BCUT2D eigenvalue weighted by molar-refractivity contribution is 7.10. The fourth-order valence-electron chi connectivity index (χ4n) is 4.28. The van der Waals surface area contributed by atoms with Gasteiger partial charge < -0.3 is 10.2 Å². The Kier molecular flexibility index (Phi) is 7.29. The molecule has 0 radical (unpaired) electrons. The monoisotopic (exact) mass is 505 g/mol. The van der Waals surface area contributed by atoms with Gasteiger partial charge in [0, 0.05) is 43.0 Å². The van der Waals surface area contributed by atoms with Crippen LogP contribution in [0.1, 0.15) is 21.7 Å². The molecule has 0 atom stereocenters. The van der Waals surface area contributed by atoms with E-state index in [4.69, 9.17) is 11.6 Å². The van der Waals surface area contributed by atoms with Gasteiger partial charge in [-0.2, -0.15) is 5.10 Å². The molecule has 1 saturated heterocycles. The zero-order chi connectivity index (χ0) is 24.2. The number of nitrogens with one attached hydrogen (secondary N) is 2. The van der Waals surface area contributed by atoms with Crippen molar-refractivity contribution in [2.45, 2.75) is 13.0 Å². The molecule has 180 valence electrons. The Hall–Kier alpha value is -2.97. The molecule has 0 spiro atoms. The molecule has 35 heavy (non-hydrogen) atoms. The molecule has 3 heterocycles. The SMILES string of the molecule is CN1CCN(Cc2cccc(C=Cc3n[nH]c4cc(Cl)c(NC(=O)Cc5cccs5)cc34)c2)CC1. The molecule has 5 rings (SSSR count). The molecule has 0 bridgehead atoms. The minimum atomic E-state index is -0.0912. The van der Waals surface area contributed by atoms with Crippen molar-refractivity contribution in [2.75, 3.05) is 38.5 Å². The van der Waals surface area contributed by atoms with Gasteiger partial charge in [0.1, 0.15) is 0 Å². The van der Waals surface area contributed by atoms with Gasteiger partial charge in [-0.3, -0.25) is 14.8 Å². The predicted octanol–water partition coefficient (Wildman–Crippen LogP) is 5.38. The number of aromatic amines is 1. The van der Waals surface area contributed by atoms with Crippen molar-refractivity contribution in [1.82, 2.24) is 20.0 Å². The smallest absolute Gasteiger partial charge is 0.229 e. The molecule has 2 aromatic heterocycles. The number of aromatic nitrogens is 2. The molecule has 0 aliphatic carbocycles. The average Bonchev–Trinajstić information content (AvgIpc) is 3.49. The zero-order valence-electron chi connectivity index (χ0n) is 19.6. The Labute approximate surface area is 214 Å². The lowest BCUT2D eigenvalue weighted by atomic mass is 10.1. The number of likely N-dealkylation sites (N-methyl/N-ethyl adjacent to an activating group) is 1. The van der Waals surface area contributed by atoms with Crippen LogP contribution >= 0.6 is 22.9 Å². The Morgan fingerprint density at radius 1 is 1.14 bits per heavy atom. The van der Waals surface area contributed by atoms with E-state index in [1.54, 1.807) is 17.4 Å². The highest BCUT2D eigenvalue weighted by atomic mass is 35.5. The molecule has 8 heteroatoms. The van der Waals surface area contributed by atoms with Gasteiger partial charge in [-0.15, -0.1) is 11.3 Å². The summed E-state index contributed by atoms with van der Waals surface area (Å²) in [6, 6.07) is 16.2. The van der Waals surface area contributed by atoms with Gasteiger partial charge >= 0.3 is 0 Å². The van der Waals surface area contributed by atoms with Crippen LogP contribution in [0.2, 0.25) is 5.02 Å². The number of nitrogens with zero attached hydrogens (tertiary/aromatic N) is 3. The number of amides is 1. The van der Waals surface area contributed by atoms with E-state index in [-0.39, 0.29) is 5.91 Å². The summed E-state index contributed by atoms with van der Waals surface area (Å²) in [5, 5.41) is 13.8. The lowest BCUT2D eigenvalue weighted by Gasteiger charge is -2.32. The largest absolute Gasteiger partial charge is 0.324 e. The van der Waals surface area contributed by atoms with Gasteiger partial charge in [0.2, 0.25) is 5.91 Å². The van der Waals surface area contributed by atoms with Crippen LogP contribution in [0.4, 0.5) is 5.69 Å². The minimum absolute atomic E-state index is 0.0912. The molecule has 0 unspecified atom stereocenters. The molecule has 0 saturated carbocycles. The summed E-state index contributed by atoms with van der Waals surface area (Å²) in [5.74, 6) is -0.0912. The van der Waals surface area contributed by atoms with Gasteiger partial charge in [0.05, 0.1) is 28.3 Å². The fourth-order valence-corrected chi connectivity index (χ4v) is 5.20. The third-order valence-electron chi connectivity index (χ3n) is 6.26. The third-order valence-corrected chi connectivity index (χ3v) is 7.44. The number of halogens is 1. The molecular weight excluding hydrogens is 478 g/mol. The summed E-state index contributed by atoms with van der Waals surface area (Å²) in [4.78, 5) is 18.4. The first kappa shape index (κ1) is 23.8. The summed E-state index contributed by atoms with van der Waals surface area (Å²) in [5.41, 5.74) is 4.66. The van der Waals surface area contributed by atoms with Crippen molar-refractivity contribution in [1.29, 1.82) is 0 Å². The topological polar surface area (TPSA) is 64.3 Å². The van der Waals surface area contributed by atoms with Crippen LogP contribution in [-0.4, -0.2) is 59.1 Å². The number of carbonyl (C=O) groups excluding carboxylic acids is 1. The Morgan fingerprint density at radius 2 is 2.00 bits per heavy atom. The summed E-state index contributed by atoms with van der Waals surface area (Å²) >= 11 is 8.00. The Balaban J connectivity index is 1.30. The molecule has 6 nitrogen and oxygen atoms in total. The first-order valence-electron chi connectivity index (χ1n) is 11.7. The van der Waals surface area contributed by atoms with E-state index in [0.717, 1.165) is 59.8 Å². The number of hydrogen-bond acceptors (Lipinski definition) is 5.